The average molecular weight is 322 g/mol. The molecule has 0 spiro atoms. The highest BCUT2D eigenvalue weighted by atomic mass is 16.5. The molecule has 0 saturated heterocycles. The van der Waals surface area contributed by atoms with Gasteiger partial charge in [-0.25, -0.2) is 0 Å². The fraction of sp³-hybridized carbons (Fsp3) is 0.250. The molecule has 1 aromatic heterocycles. The largest absolute Gasteiger partial charge is 0.497 e. The maximum Gasteiger partial charge on any atom is 0.127 e. The van der Waals surface area contributed by atoms with Crippen LogP contribution in [0.1, 0.15) is 11.1 Å². The van der Waals surface area contributed by atoms with Gasteiger partial charge in [-0.05, 0) is 24.7 Å². The molecular formula is C20H22N2O2. The number of benzene rings is 2. The molecule has 4 heteroatoms. The number of nitrogens with zero attached hydrogens (tertiary/aromatic N) is 2. The molecule has 3 aromatic rings. The van der Waals surface area contributed by atoms with Gasteiger partial charge in [0.15, 0.2) is 0 Å². The number of fused-ring (bicyclic) bond motifs is 1. The minimum atomic E-state index is 0.788. The molecule has 0 amide bonds. The standard InChI is InChI=1S/C20H22N2O2/c1-22(13-16-9-10-18(23-2)12-19(16)24-3)14-17-7-4-6-15-8-5-11-21-20(15)17/h4-12H,13-14H2,1-3H3. The van der Waals surface area contributed by atoms with Crippen LogP contribution < -0.4 is 9.47 Å². The molecule has 24 heavy (non-hydrogen) atoms. The third-order valence-corrected chi connectivity index (χ3v) is 4.09. The van der Waals surface area contributed by atoms with Gasteiger partial charge in [0.2, 0.25) is 0 Å². The topological polar surface area (TPSA) is 34.6 Å². The van der Waals surface area contributed by atoms with Gasteiger partial charge < -0.3 is 9.47 Å². The Kier molecular flexibility index (Phi) is 4.96. The normalized spacial score (nSPS) is 11.0. The highest BCUT2D eigenvalue weighted by Crippen LogP contribution is 2.26. The molecule has 0 saturated carbocycles. The van der Waals surface area contributed by atoms with E-state index in [1.807, 2.05) is 24.4 Å². The van der Waals surface area contributed by atoms with E-state index in [1.165, 1.54) is 10.9 Å². The van der Waals surface area contributed by atoms with E-state index in [9.17, 15) is 0 Å². The summed E-state index contributed by atoms with van der Waals surface area (Å²) in [7, 11) is 5.45. The number of ether oxygens (including phenoxy) is 2. The molecule has 0 aliphatic heterocycles. The molecule has 2 aromatic carbocycles. The number of para-hydroxylation sites is 1. The molecule has 4 nitrogen and oxygen atoms in total. The molecule has 0 atom stereocenters. The summed E-state index contributed by atoms with van der Waals surface area (Å²) in [5.41, 5.74) is 3.42. The Morgan fingerprint density at radius 2 is 1.71 bits per heavy atom. The highest BCUT2D eigenvalue weighted by Gasteiger charge is 2.10. The Balaban J connectivity index is 1.79. The zero-order valence-corrected chi connectivity index (χ0v) is 14.3. The van der Waals surface area contributed by atoms with Crippen molar-refractivity contribution in [1.82, 2.24) is 9.88 Å². The molecular weight excluding hydrogens is 300 g/mol. The molecule has 1 heterocycles. The van der Waals surface area contributed by atoms with E-state index in [0.29, 0.717) is 0 Å². The van der Waals surface area contributed by atoms with Crippen LogP contribution in [-0.4, -0.2) is 31.2 Å². The molecule has 124 valence electrons. The first-order chi connectivity index (χ1) is 11.7. The number of methoxy groups -OCH3 is 2. The third-order valence-electron chi connectivity index (χ3n) is 4.09. The Bertz CT molecular complexity index is 827. The zero-order chi connectivity index (χ0) is 16.9. The predicted octanol–water partition coefficient (Wildman–Crippen LogP) is 3.88. The minimum absolute atomic E-state index is 0.788. The predicted molar refractivity (Wildman–Crippen MR) is 96.5 cm³/mol. The summed E-state index contributed by atoms with van der Waals surface area (Å²) < 4.78 is 10.7. The summed E-state index contributed by atoms with van der Waals surface area (Å²) in [6, 6.07) is 16.3. The summed E-state index contributed by atoms with van der Waals surface area (Å²) in [5, 5.41) is 1.17. The van der Waals surface area contributed by atoms with Crippen molar-refractivity contribution >= 4 is 10.9 Å². The van der Waals surface area contributed by atoms with E-state index in [4.69, 9.17) is 9.47 Å². The average Bonchev–Trinajstić information content (AvgIpc) is 2.62. The Hall–Kier alpha value is -2.59. The van der Waals surface area contributed by atoms with E-state index >= 15 is 0 Å². The Labute approximate surface area is 142 Å². The van der Waals surface area contributed by atoms with Crippen molar-refractivity contribution in [3.63, 3.8) is 0 Å². The van der Waals surface area contributed by atoms with Crippen LogP contribution >= 0.6 is 0 Å². The fourth-order valence-electron chi connectivity index (χ4n) is 2.91. The number of pyridine rings is 1. The zero-order valence-electron chi connectivity index (χ0n) is 14.3. The summed E-state index contributed by atoms with van der Waals surface area (Å²) in [6.07, 6.45) is 1.85. The lowest BCUT2D eigenvalue weighted by Crippen LogP contribution is -2.18. The van der Waals surface area contributed by atoms with Crippen LogP contribution in [0, 0.1) is 0 Å². The second kappa shape index (κ2) is 7.32. The van der Waals surface area contributed by atoms with Gasteiger partial charge in [-0.2, -0.15) is 0 Å². The molecule has 0 bridgehead atoms. The first kappa shape index (κ1) is 16.3. The lowest BCUT2D eigenvalue weighted by molar-refractivity contribution is 0.310. The summed E-state index contributed by atoms with van der Waals surface area (Å²) in [5.74, 6) is 1.65. The van der Waals surface area contributed by atoms with Crippen LogP contribution in [0.15, 0.2) is 54.7 Å². The van der Waals surface area contributed by atoms with Crippen LogP contribution in [0.2, 0.25) is 0 Å². The van der Waals surface area contributed by atoms with Crippen molar-refractivity contribution in [3.8, 4) is 11.5 Å². The first-order valence-electron chi connectivity index (χ1n) is 7.93. The Morgan fingerprint density at radius 1 is 0.917 bits per heavy atom. The summed E-state index contributed by atoms with van der Waals surface area (Å²) in [4.78, 5) is 6.79. The van der Waals surface area contributed by atoms with E-state index < -0.39 is 0 Å². The van der Waals surface area contributed by atoms with Crippen LogP contribution in [0.4, 0.5) is 0 Å². The molecule has 0 radical (unpaired) electrons. The number of rotatable bonds is 6. The third kappa shape index (κ3) is 3.49. The van der Waals surface area contributed by atoms with Gasteiger partial charge in [0.05, 0.1) is 19.7 Å². The number of hydrogen-bond acceptors (Lipinski definition) is 4. The molecule has 3 rings (SSSR count). The van der Waals surface area contributed by atoms with Crippen LogP contribution in [-0.2, 0) is 13.1 Å². The Morgan fingerprint density at radius 3 is 2.50 bits per heavy atom. The number of hydrogen-bond donors (Lipinski definition) is 0. The van der Waals surface area contributed by atoms with Gasteiger partial charge in [0, 0.05) is 36.3 Å². The summed E-state index contributed by atoms with van der Waals surface area (Å²) >= 11 is 0. The maximum atomic E-state index is 5.49. The SMILES string of the molecule is COc1ccc(CN(C)Cc2cccc3cccnc23)c(OC)c1. The van der Waals surface area contributed by atoms with Gasteiger partial charge in [-0.15, -0.1) is 0 Å². The molecule has 0 unspecified atom stereocenters. The highest BCUT2D eigenvalue weighted by molar-refractivity contribution is 5.81. The van der Waals surface area contributed by atoms with Gasteiger partial charge >= 0.3 is 0 Å². The monoisotopic (exact) mass is 322 g/mol. The van der Waals surface area contributed by atoms with E-state index in [-0.39, 0.29) is 0 Å². The van der Waals surface area contributed by atoms with Crippen molar-refractivity contribution in [2.24, 2.45) is 0 Å². The van der Waals surface area contributed by atoms with E-state index in [1.54, 1.807) is 14.2 Å². The molecule has 0 fully saturated rings. The summed E-state index contributed by atoms with van der Waals surface area (Å²) in [6.45, 7) is 1.61. The molecule has 0 aliphatic carbocycles. The molecule has 0 aliphatic rings. The van der Waals surface area contributed by atoms with Crippen molar-refractivity contribution in [1.29, 1.82) is 0 Å². The van der Waals surface area contributed by atoms with E-state index in [2.05, 4.69) is 47.3 Å². The second-order valence-corrected chi connectivity index (χ2v) is 5.84. The number of aromatic nitrogens is 1. The van der Waals surface area contributed by atoms with Gasteiger partial charge in [-0.3, -0.25) is 9.88 Å². The van der Waals surface area contributed by atoms with Crippen molar-refractivity contribution in [3.05, 3.63) is 65.9 Å². The lowest BCUT2D eigenvalue weighted by atomic mass is 10.1. The minimum Gasteiger partial charge on any atom is -0.497 e. The lowest BCUT2D eigenvalue weighted by Gasteiger charge is -2.19. The van der Waals surface area contributed by atoms with Crippen LogP contribution in [0.25, 0.3) is 10.9 Å². The van der Waals surface area contributed by atoms with E-state index in [0.717, 1.165) is 35.7 Å². The maximum absolute atomic E-state index is 5.49. The van der Waals surface area contributed by atoms with Crippen molar-refractivity contribution in [2.45, 2.75) is 13.1 Å². The van der Waals surface area contributed by atoms with Crippen LogP contribution in [0.5, 0.6) is 11.5 Å². The molecule has 0 N–H and O–H groups in total. The van der Waals surface area contributed by atoms with Crippen molar-refractivity contribution in [2.75, 3.05) is 21.3 Å². The van der Waals surface area contributed by atoms with Crippen LogP contribution in [0.3, 0.4) is 0 Å². The van der Waals surface area contributed by atoms with Crippen molar-refractivity contribution < 1.29 is 9.47 Å². The van der Waals surface area contributed by atoms with Gasteiger partial charge in [0.25, 0.3) is 0 Å². The smallest absolute Gasteiger partial charge is 0.127 e. The van der Waals surface area contributed by atoms with Gasteiger partial charge in [0.1, 0.15) is 11.5 Å². The first-order valence-corrected chi connectivity index (χ1v) is 7.93. The quantitative estimate of drug-likeness (QED) is 0.690. The fourth-order valence-corrected chi connectivity index (χ4v) is 2.91. The second-order valence-electron chi connectivity index (χ2n) is 5.84. The van der Waals surface area contributed by atoms with Gasteiger partial charge in [-0.1, -0.05) is 30.3 Å².